The van der Waals surface area contributed by atoms with E-state index in [4.69, 9.17) is 6.57 Å². The Morgan fingerprint density at radius 3 is 2.30 bits per heavy atom. The summed E-state index contributed by atoms with van der Waals surface area (Å²) < 4.78 is 52.1. The molecule has 2 N–H and O–H groups in total. The molecule has 0 aliphatic heterocycles. The van der Waals surface area contributed by atoms with Crippen molar-refractivity contribution in [1.29, 1.82) is 0 Å². The smallest absolute Gasteiger partial charge is 0.318 e. The van der Waals surface area contributed by atoms with Gasteiger partial charge in [0.2, 0.25) is 15.5 Å². The van der Waals surface area contributed by atoms with Gasteiger partial charge in [0.25, 0.3) is 0 Å². The molecule has 0 aliphatic rings. The third-order valence-corrected chi connectivity index (χ3v) is 5.73. The van der Waals surface area contributed by atoms with E-state index < -0.39 is 32.4 Å². The second-order valence-corrected chi connectivity index (χ2v) is 8.01. The van der Waals surface area contributed by atoms with E-state index in [1.54, 1.807) is 24.5 Å². The van der Waals surface area contributed by atoms with Gasteiger partial charge in [-0.25, -0.2) is 26.8 Å². The van der Waals surface area contributed by atoms with Crippen molar-refractivity contribution >= 4 is 27.2 Å². The summed E-state index contributed by atoms with van der Waals surface area (Å²) in [5.41, 5.74) is 0.753. The van der Waals surface area contributed by atoms with Crippen molar-refractivity contribution in [1.82, 2.24) is 10.3 Å². The van der Waals surface area contributed by atoms with Crippen LogP contribution in [0.3, 0.4) is 0 Å². The third-order valence-electron chi connectivity index (χ3n) is 4.00. The van der Waals surface area contributed by atoms with Crippen LogP contribution in [0.25, 0.3) is 4.85 Å². The van der Waals surface area contributed by atoms with E-state index in [1.807, 2.05) is 0 Å². The molecule has 0 radical (unpaired) electrons. The van der Waals surface area contributed by atoms with E-state index in [0.717, 1.165) is 17.7 Å². The summed E-state index contributed by atoms with van der Waals surface area (Å²) in [6, 6.07) is 8.19. The summed E-state index contributed by atoms with van der Waals surface area (Å²) >= 11 is 0. The first-order valence-electron chi connectivity index (χ1n) is 8.46. The van der Waals surface area contributed by atoms with Crippen molar-refractivity contribution in [3.8, 4) is 0 Å². The topological polar surface area (TPSA) is 92.5 Å². The van der Waals surface area contributed by atoms with Crippen LogP contribution < -0.4 is 10.6 Å². The van der Waals surface area contributed by atoms with Gasteiger partial charge in [0.15, 0.2) is 0 Å². The van der Waals surface area contributed by atoms with Crippen LogP contribution in [0, 0.1) is 18.2 Å². The van der Waals surface area contributed by atoms with Crippen LogP contribution in [-0.4, -0.2) is 19.4 Å². The molecule has 0 unspecified atom stereocenters. The lowest BCUT2D eigenvalue weighted by Crippen LogP contribution is -2.28. The van der Waals surface area contributed by atoms with Gasteiger partial charge in [-0.3, -0.25) is 4.98 Å². The minimum Gasteiger partial charge on any atom is -0.334 e. The summed E-state index contributed by atoms with van der Waals surface area (Å²) in [6.45, 7) is 7.49. The summed E-state index contributed by atoms with van der Waals surface area (Å²) in [6.07, 6.45) is 3.16. The first-order valence-corrected chi connectivity index (χ1v) is 9.94. The van der Waals surface area contributed by atoms with Gasteiger partial charge in [-0.2, -0.15) is 0 Å². The number of nitrogens with one attached hydrogen (secondary N) is 2. The molecule has 0 saturated heterocycles. The lowest BCUT2D eigenvalue weighted by molar-refractivity contribution is 0.251. The van der Waals surface area contributed by atoms with E-state index in [9.17, 15) is 22.0 Å². The SMILES string of the molecule is [C-]#[N+]c1cc(S(=O)(=O)c2cc(F)cc(F)c2)ccc1NC(=O)NCc1ccncc1. The third kappa shape index (κ3) is 4.76. The molecule has 0 aliphatic carbocycles. The number of amides is 2. The molecule has 152 valence electrons. The van der Waals surface area contributed by atoms with Crippen LogP contribution in [0.1, 0.15) is 5.56 Å². The minimum absolute atomic E-state index is 0.0848. The Morgan fingerprint density at radius 1 is 1.00 bits per heavy atom. The van der Waals surface area contributed by atoms with Crippen LogP contribution in [-0.2, 0) is 16.4 Å². The van der Waals surface area contributed by atoms with Crippen molar-refractivity contribution in [2.45, 2.75) is 16.3 Å². The second kappa shape index (κ2) is 8.67. The fourth-order valence-corrected chi connectivity index (χ4v) is 3.87. The van der Waals surface area contributed by atoms with Gasteiger partial charge in [0.1, 0.15) is 11.6 Å². The molecule has 0 saturated carbocycles. The molecule has 1 aromatic heterocycles. The Hall–Kier alpha value is -3.84. The molecule has 2 amide bonds. The van der Waals surface area contributed by atoms with Crippen LogP contribution >= 0.6 is 0 Å². The van der Waals surface area contributed by atoms with Crippen LogP contribution in [0.5, 0.6) is 0 Å². The lowest BCUT2D eigenvalue weighted by Gasteiger charge is -2.11. The van der Waals surface area contributed by atoms with Gasteiger partial charge in [-0.15, -0.1) is 0 Å². The summed E-state index contributed by atoms with van der Waals surface area (Å²) in [5.74, 6) is -2.08. The second-order valence-electron chi connectivity index (χ2n) is 6.06. The van der Waals surface area contributed by atoms with Gasteiger partial charge >= 0.3 is 6.03 Å². The number of urea groups is 1. The predicted molar refractivity (Wildman–Crippen MR) is 105 cm³/mol. The fraction of sp³-hybridized carbons (Fsp3) is 0.0500. The number of anilines is 1. The largest absolute Gasteiger partial charge is 0.334 e. The van der Waals surface area contributed by atoms with Crippen LogP contribution in [0.15, 0.2) is 70.7 Å². The molecule has 10 heteroatoms. The van der Waals surface area contributed by atoms with Crippen molar-refractivity contribution in [3.05, 3.63) is 89.5 Å². The number of pyridine rings is 1. The zero-order chi connectivity index (χ0) is 21.7. The Bertz CT molecular complexity index is 1220. The molecule has 3 rings (SSSR count). The van der Waals surface area contributed by atoms with Gasteiger partial charge in [0.05, 0.1) is 16.4 Å². The van der Waals surface area contributed by atoms with Crippen molar-refractivity contribution < 1.29 is 22.0 Å². The molecule has 0 bridgehead atoms. The fourth-order valence-electron chi connectivity index (χ4n) is 2.55. The number of sulfone groups is 1. The minimum atomic E-state index is -4.27. The summed E-state index contributed by atoms with van der Waals surface area (Å²) in [4.78, 5) is 18.3. The number of hydrogen-bond acceptors (Lipinski definition) is 4. The maximum absolute atomic E-state index is 13.4. The zero-order valence-electron chi connectivity index (χ0n) is 15.3. The molecule has 0 spiro atoms. The Kier molecular flexibility index (Phi) is 6.03. The highest BCUT2D eigenvalue weighted by molar-refractivity contribution is 7.91. The maximum atomic E-state index is 13.4. The molecule has 0 atom stereocenters. The summed E-state index contributed by atoms with van der Waals surface area (Å²) in [5, 5.41) is 5.07. The lowest BCUT2D eigenvalue weighted by atomic mass is 10.2. The zero-order valence-corrected chi connectivity index (χ0v) is 16.1. The highest BCUT2D eigenvalue weighted by atomic mass is 32.2. The van der Waals surface area contributed by atoms with E-state index in [2.05, 4.69) is 20.5 Å². The van der Waals surface area contributed by atoms with Gasteiger partial charge < -0.3 is 10.6 Å². The van der Waals surface area contributed by atoms with E-state index in [0.29, 0.717) is 18.2 Å². The number of rotatable bonds is 5. The van der Waals surface area contributed by atoms with E-state index in [1.165, 1.54) is 6.07 Å². The Balaban J connectivity index is 1.81. The van der Waals surface area contributed by atoms with Crippen LogP contribution in [0.4, 0.5) is 25.0 Å². The quantitative estimate of drug-likeness (QED) is 0.600. The average Bonchev–Trinajstić information content (AvgIpc) is 2.72. The van der Waals surface area contributed by atoms with Crippen LogP contribution in [0.2, 0.25) is 0 Å². The van der Waals surface area contributed by atoms with Gasteiger partial charge in [-0.05, 0) is 48.0 Å². The van der Waals surface area contributed by atoms with Gasteiger partial charge in [-0.1, -0.05) is 0 Å². The number of benzene rings is 2. The number of carbonyl (C=O) groups excluding carboxylic acids is 1. The summed E-state index contributed by atoms with van der Waals surface area (Å²) in [7, 11) is -4.27. The monoisotopic (exact) mass is 428 g/mol. The highest BCUT2D eigenvalue weighted by Crippen LogP contribution is 2.31. The molecule has 0 fully saturated rings. The maximum Gasteiger partial charge on any atom is 0.318 e. The highest BCUT2D eigenvalue weighted by Gasteiger charge is 2.21. The molecule has 2 aromatic carbocycles. The standard InChI is InChI=1S/C20H14F2N4O3S/c1-23-19-11-16(30(28,29)17-9-14(21)8-15(22)10-17)2-3-18(19)26-20(27)25-12-13-4-6-24-7-5-13/h2-11H,12H2,(H2,25,26,27). The first kappa shape index (κ1) is 20.9. The molecule has 7 nitrogen and oxygen atoms in total. The number of nitrogens with zero attached hydrogens (tertiary/aromatic N) is 2. The van der Waals surface area contributed by atoms with E-state index >= 15 is 0 Å². The predicted octanol–water partition coefficient (Wildman–Crippen LogP) is 4.07. The van der Waals surface area contributed by atoms with Gasteiger partial charge in [0, 0.05) is 30.7 Å². The average molecular weight is 428 g/mol. The Morgan fingerprint density at radius 2 is 1.67 bits per heavy atom. The molecule has 1 heterocycles. The number of halogens is 2. The molecule has 30 heavy (non-hydrogen) atoms. The number of carbonyl (C=O) groups is 1. The van der Waals surface area contributed by atoms with Crippen molar-refractivity contribution in [2.24, 2.45) is 0 Å². The molecular weight excluding hydrogens is 414 g/mol. The van der Waals surface area contributed by atoms with E-state index in [-0.39, 0.29) is 22.8 Å². The number of aromatic nitrogens is 1. The molecular formula is C20H14F2N4O3S. The Labute approximate surface area is 171 Å². The normalized spacial score (nSPS) is 10.8. The van der Waals surface area contributed by atoms with Crippen molar-refractivity contribution in [2.75, 3.05) is 5.32 Å². The van der Waals surface area contributed by atoms with Crippen molar-refractivity contribution in [3.63, 3.8) is 0 Å². The molecule has 3 aromatic rings. The first-order chi connectivity index (χ1) is 14.3. The number of hydrogen-bond donors (Lipinski definition) is 2.